The Morgan fingerprint density at radius 2 is 1.84 bits per heavy atom. The summed E-state index contributed by atoms with van der Waals surface area (Å²) in [6.07, 6.45) is 6.20. The Bertz CT molecular complexity index is 742. The molecule has 0 aromatic heterocycles. The smallest absolute Gasteiger partial charge is 0.471 e. The lowest BCUT2D eigenvalue weighted by Crippen LogP contribution is -2.46. The van der Waals surface area contributed by atoms with Gasteiger partial charge in [-0.25, -0.2) is 4.57 Å². The molecule has 3 rings (SSSR count). The molecular formula is C21H34NO8P. The molecule has 1 unspecified atom stereocenters. The van der Waals surface area contributed by atoms with Crippen LogP contribution in [0.25, 0.3) is 0 Å². The van der Waals surface area contributed by atoms with Crippen molar-refractivity contribution in [2.45, 2.75) is 56.8 Å². The van der Waals surface area contributed by atoms with Crippen LogP contribution in [0, 0.1) is 0 Å². The van der Waals surface area contributed by atoms with Crippen LogP contribution in [0.2, 0.25) is 0 Å². The summed E-state index contributed by atoms with van der Waals surface area (Å²) < 4.78 is 37.7. The minimum absolute atomic E-state index is 0.0825. The molecule has 9 nitrogen and oxygen atoms in total. The van der Waals surface area contributed by atoms with Gasteiger partial charge < -0.3 is 28.7 Å². The van der Waals surface area contributed by atoms with Crippen molar-refractivity contribution in [2.75, 3.05) is 40.7 Å². The fraction of sp³-hybridized carbons (Fsp3) is 0.714. The van der Waals surface area contributed by atoms with Crippen LogP contribution in [0.1, 0.15) is 37.7 Å². The molecule has 1 aromatic carbocycles. The molecule has 1 heterocycles. The highest BCUT2D eigenvalue weighted by molar-refractivity contribution is 7.46. The second-order valence-electron chi connectivity index (χ2n) is 8.01. The van der Waals surface area contributed by atoms with Crippen molar-refractivity contribution >= 4 is 7.82 Å². The van der Waals surface area contributed by atoms with Gasteiger partial charge >= 0.3 is 7.82 Å². The average Bonchev–Trinajstić information content (AvgIpc) is 3.21. The molecule has 1 aliphatic carbocycles. The number of hydrogen-bond donors (Lipinski definition) is 2. The maximum Gasteiger partial charge on any atom is 0.471 e. The van der Waals surface area contributed by atoms with Crippen molar-refractivity contribution in [1.82, 2.24) is 4.90 Å². The number of phosphoric acid groups is 1. The fourth-order valence-electron chi connectivity index (χ4n) is 4.44. The van der Waals surface area contributed by atoms with E-state index in [1.807, 2.05) is 18.2 Å². The van der Waals surface area contributed by atoms with Gasteiger partial charge in [-0.15, -0.1) is 0 Å². The molecule has 2 aliphatic rings. The van der Waals surface area contributed by atoms with Crippen LogP contribution in [0.15, 0.2) is 18.2 Å². The molecule has 1 saturated heterocycles. The van der Waals surface area contributed by atoms with Crippen molar-refractivity contribution in [2.24, 2.45) is 0 Å². The van der Waals surface area contributed by atoms with Crippen molar-refractivity contribution in [3.05, 3.63) is 23.8 Å². The van der Waals surface area contributed by atoms with Crippen LogP contribution in [0.4, 0.5) is 0 Å². The maximum atomic E-state index is 10.8. The van der Waals surface area contributed by atoms with Crippen LogP contribution in [0.3, 0.4) is 0 Å². The predicted molar refractivity (Wildman–Crippen MR) is 114 cm³/mol. The van der Waals surface area contributed by atoms with Gasteiger partial charge in [0.1, 0.15) is 0 Å². The Balaban J connectivity index is 1.47. The van der Waals surface area contributed by atoms with E-state index in [0.717, 1.165) is 55.8 Å². The highest BCUT2D eigenvalue weighted by Gasteiger charge is 2.35. The SMILES string of the molecule is COc1ccc(CCO[C@H]2CCCC[C@H]2N2CCC(OCOP(=O)(O)O)C2)cc1OC. The van der Waals surface area contributed by atoms with Crippen molar-refractivity contribution in [3.8, 4) is 11.5 Å². The first kappa shape index (κ1) is 24.5. The van der Waals surface area contributed by atoms with Crippen molar-refractivity contribution < 1.29 is 37.8 Å². The molecular weight excluding hydrogens is 425 g/mol. The number of benzene rings is 1. The third-order valence-electron chi connectivity index (χ3n) is 6.01. The summed E-state index contributed by atoms with van der Waals surface area (Å²) in [6, 6.07) is 6.28. The molecule has 1 aromatic rings. The molecule has 31 heavy (non-hydrogen) atoms. The number of phosphoric ester groups is 1. The van der Waals surface area contributed by atoms with Gasteiger partial charge in [-0.3, -0.25) is 9.42 Å². The van der Waals surface area contributed by atoms with Gasteiger partial charge in [-0.2, -0.15) is 0 Å². The molecule has 3 atom stereocenters. The van der Waals surface area contributed by atoms with Crippen LogP contribution in [0.5, 0.6) is 11.5 Å². The number of likely N-dealkylation sites (tertiary alicyclic amines) is 1. The molecule has 10 heteroatoms. The predicted octanol–water partition coefficient (Wildman–Crippen LogP) is 2.73. The first-order chi connectivity index (χ1) is 14.9. The Labute approximate surface area is 183 Å². The highest BCUT2D eigenvalue weighted by Crippen LogP contribution is 2.36. The zero-order valence-corrected chi connectivity index (χ0v) is 19.2. The summed E-state index contributed by atoms with van der Waals surface area (Å²) in [7, 11) is -1.23. The molecule has 0 bridgehead atoms. The highest BCUT2D eigenvalue weighted by atomic mass is 31.2. The van der Waals surface area contributed by atoms with Crippen LogP contribution in [-0.2, 0) is 25.0 Å². The van der Waals surface area contributed by atoms with Crippen LogP contribution in [-0.4, -0.2) is 73.6 Å². The topological polar surface area (TPSA) is 107 Å². The summed E-state index contributed by atoms with van der Waals surface area (Å²) in [5, 5.41) is 0. The van der Waals surface area contributed by atoms with E-state index in [9.17, 15) is 4.57 Å². The van der Waals surface area contributed by atoms with Gasteiger partial charge in [0.25, 0.3) is 0 Å². The molecule has 2 fully saturated rings. The zero-order valence-electron chi connectivity index (χ0n) is 18.3. The van der Waals surface area contributed by atoms with E-state index in [0.29, 0.717) is 12.6 Å². The molecule has 0 amide bonds. The van der Waals surface area contributed by atoms with E-state index in [4.69, 9.17) is 28.7 Å². The molecule has 176 valence electrons. The van der Waals surface area contributed by atoms with E-state index in [2.05, 4.69) is 9.42 Å². The lowest BCUT2D eigenvalue weighted by Gasteiger charge is -2.37. The van der Waals surface area contributed by atoms with Gasteiger partial charge in [-0.05, 0) is 43.4 Å². The molecule has 0 radical (unpaired) electrons. The summed E-state index contributed by atoms with van der Waals surface area (Å²) >= 11 is 0. The third kappa shape index (κ3) is 7.43. The Morgan fingerprint density at radius 3 is 2.58 bits per heavy atom. The van der Waals surface area contributed by atoms with Gasteiger partial charge in [0.15, 0.2) is 18.3 Å². The Hall–Kier alpha value is -1.19. The lowest BCUT2D eigenvalue weighted by molar-refractivity contribution is -0.0552. The summed E-state index contributed by atoms with van der Waals surface area (Å²) in [5.74, 6) is 1.44. The monoisotopic (exact) mass is 459 g/mol. The first-order valence-corrected chi connectivity index (χ1v) is 12.3. The van der Waals surface area contributed by atoms with Gasteiger partial charge in [0, 0.05) is 19.1 Å². The maximum absolute atomic E-state index is 10.8. The van der Waals surface area contributed by atoms with Gasteiger partial charge in [-0.1, -0.05) is 18.9 Å². The zero-order chi connectivity index (χ0) is 22.3. The van der Waals surface area contributed by atoms with Crippen LogP contribution >= 0.6 is 7.82 Å². The first-order valence-electron chi connectivity index (χ1n) is 10.8. The van der Waals surface area contributed by atoms with Gasteiger partial charge in [0.2, 0.25) is 0 Å². The minimum atomic E-state index is -4.50. The Kier molecular flexibility index (Phi) is 9.16. The van der Waals surface area contributed by atoms with E-state index in [1.165, 1.54) is 12.8 Å². The normalized spacial score (nSPS) is 25.0. The number of ether oxygens (including phenoxy) is 4. The summed E-state index contributed by atoms with van der Waals surface area (Å²) in [4.78, 5) is 19.9. The second kappa shape index (κ2) is 11.6. The molecule has 0 spiro atoms. The number of nitrogens with zero attached hydrogens (tertiary/aromatic N) is 1. The minimum Gasteiger partial charge on any atom is -0.493 e. The quantitative estimate of drug-likeness (QED) is 0.382. The second-order valence-corrected chi connectivity index (χ2v) is 9.25. The van der Waals surface area contributed by atoms with E-state index in [-0.39, 0.29) is 12.2 Å². The van der Waals surface area contributed by atoms with E-state index in [1.54, 1.807) is 14.2 Å². The van der Waals surface area contributed by atoms with Gasteiger partial charge in [0.05, 0.1) is 33.0 Å². The number of rotatable bonds is 11. The Morgan fingerprint density at radius 1 is 1.06 bits per heavy atom. The fourth-order valence-corrected chi connectivity index (χ4v) is 4.64. The van der Waals surface area contributed by atoms with Crippen LogP contribution < -0.4 is 9.47 Å². The van der Waals surface area contributed by atoms with E-state index < -0.39 is 14.6 Å². The number of hydrogen-bond acceptors (Lipinski definition) is 7. The van der Waals surface area contributed by atoms with Crippen molar-refractivity contribution in [1.29, 1.82) is 0 Å². The standard InChI is InChI=1S/C21H34NO8P/c1-26-20-8-7-16(13-21(20)27-2)10-12-28-19-6-4-3-5-18(19)22-11-9-17(14-22)29-15-30-31(23,24)25/h7-8,13,17-19H,3-6,9-12,14-15H2,1-2H3,(H2,23,24,25)/t17?,18-,19+/m1/s1. The molecule has 2 N–H and O–H groups in total. The largest absolute Gasteiger partial charge is 0.493 e. The molecule has 1 saturated carbocycles. The summed E-state index contributed by atoms with van der Waals surface area (Å²) in [5.41, 5.74) is 1.14. The summed E-state index contributed by atoms with van der Waals surface area (Å²) in [6.45, 7) is 1.87. The lowest BCUT2D eigenvalue weighted by atomic mass is 9.91. The van der Waals surface area contributed by atoms with E-state index >= 15 is 0 Å². The number of methoxy groups -OCH3 is 2. The van der Waals surface area contributed by atoms with Crippen molar-refractivity contribution in [3.63, 3.8) is 0 Å². The molecule has 1 aliphatic heterocycles. The average molecular weight is 459 g/mol. The third-order valence-corrected chi connectivity index (χ3v) is 6.45.